The van der Waals surface area contributed by atoms with Crippen molar-refractivity contribution in [3.8, 4) is 0 Å². The molecule has 0 fully saturated rings. The Morgan fingerprint density at radius 1 is 0.346 bits per heavy atom. The van der Waals surface area contributed by atoms with Crippen molar-refractivity contribution in [1.82, 2.24) is 5.32 Å². The van der Waals surface area contributed by atoms with Crippen LogP contribution in [0.2, 0.25) is 0 Å². The van der Waals surface area contributed by atoms with Gasteiger partial charge in [0.25, 0.3) is 0 Å². The smallest absolute Gasteiger partial charge is 0.305 e. The maximum absolute atomic E-state index is 12.5. The highest BCUT2D eigenvalue weighted by molar-refractivity contribution is 5.76. The van der Waals surface area contributed by atoms with Gasteiger partial charge >= 0.3 is 5.97 Å². The molecular weight excluding hydrogens is 959 g/mol. The van der Waals surface area contributed by atoms with E-state index >= 15 is 0 Å². The van der Waals surface area contributed by atoms with Crippen LogP contribution in [0.4, 0.5) is 0 Å². The van der Waals surface area contributed by atoms with Crippen LogP contribution in [-0.4, -0.2) is 47.4 Å². The van der Waals surface area contributed by atoms with Gasteiger partial charge in [-0.3, -0.25) is 9.59 Å². The Kier molecular flexibility index (Phi) is 66.4. The van der Waals surface area contributed by atoms with E-state index in [0.717, 1.165) is 44.9 Å². The summed E-state index contributed by atoms with van der Waals surface area (Å²) in [5.74, 6) is -0.0569. The molecular formula is C72H139NO5. The average Bonchev–Trinajstić information content (AvgIpc) is 3.44. The molecule has 2 unspecified atom stereocenters. The molecule has 0 aliphatic carbocycles. The van der Waals surface area contributed by atoms with Crippen LogP contribution in [0.5, 0.6) is 0 Å². The van der Waals surface area contributed by atoms with Gasteiger partial charge in [-0.15, -0.1) is 0 Å². The van der Waals surface area contributed by atoms with E-state index in [4.69, 9.17) is 4.74 Å². The average molecular weight is 1100 g/mol. The van der Waals surface area contributed by atoms with Crippen LogP contribution in [0.25, 0.3) is 0 Å². The van der Waals surface area contributed by atoms with Gasteiger partial charge in [0.2, 0.25) is 5.91 Å². The van der Waals surface area contributed by atoms with Crippen molar-refractivity contribution in [3.63, 3.8) is 0 Å². The first-order valence-corrected chi connectivity index (χ1v) is 35.6. The first-order valence-electron chi connectivity index (χ1n) is 35.6. The summed E-state index contributed by atoms with van der Waals surface area (Å²) in [4.78, 5) is 24.6. The summed E-state index contributed by atoms with van der Waals surface area (Å²) >= 11 is 0. The van der Waals surface area contributed by atoms with Crippen LogP contribution in [0, 0.1) is 0 Å². The molecule has 0 heterocycles. The number of hydrogen-bond donors (Lipinski definition) is 3. The fourth-order valence-electron chi connectivity index (χ4n) is 11.3. The first kappa shape index (κ1) is 76.3. The number of ether oxygens (including phenoxy) is 1. The molecule has 2 atom stereocenters. The Hall–Kier alpha value is -1.66. The number of aliphatic hydroxyl groups is 2. The standard InChI is InChI=1S/C72H139NO5/c1-3-5-7-9-11-13-15-17-19-21-22-23-24-27-30-33-36-40-44-48-52-56-60-64-70(75)69(68-74)73-71(76)65-61-57-53-49-45-41-37-34-31-28-25-26-29-32-35-39-43-47-51-55-59-63-67-78-72(77)66-62-58-54-50-46-42-38-20-18-16-14-12-10-8-6-4-2/h28,31,60,64,69-70,74-75H,3-27,29-30,32-59,61-63,65-68H2,1-2H3,(H,73,76)/b31-28-,64-60+. The van der Waals surface area contributed by atoms with Crippen LogP contribution < -0.4 is 5.32 Å². The third-order valence-corrected chi connectivity index (χ3v) is 16.7. The van der Waals surface area contributed by atoms with E-state index in [-0.39, 0.29) is 18.5 Å². The van der Waals surface area contributed by atoms with E-state index in [1.165, 1.54) is 327 Å². The molecule has 0 bridgehead atoms. The normalized spacial score (nSPS) is 12.6. The van der Waals surface area contributed by atoms with Crippen molar-refractivity contribution in [3.05, 3.63) is 24.3 Å². The molecule has 462 valence electrons. The highest BCUT2D eigenvalue weighted by Gasteiger charge is 2.18. The van der Waals surface area contributed by atoms with Crippen molar-refractivity contribution >= 4 is 11.9 Å². The quantitative estimate of drug-likeness (QED) is 0.0320. The van der Waals surface area contributed by atoms with E-state index in [1.807, 2.05) is 6.08 Å². The third kappa shape index (κ3) is 63.5. The molecule has 78 heavy (non-hydrogen) atoms. The second-order valence-corrected chi connectivity index (χ2v) is 24.6. The van der Waals surface area contributed by atoms with Gasteiger partial charge < -0.3 is 20.3 Å². The molecule has 1 amide bonds. The lowest BCUT2D eigenvalue weighted by molar-refractivity contribution is -0.143. The molecule has 0 aliphatic heterocycles. The van der Waals surface area contributed by atoms with Gasteiger partial charge in [-0.25, -0.2) is 0 Å². The molecule has 0 aromatic carbocycles. The monoisotopic (exact) mass is 1100 g/mol. The summed E-state index contributed by atoms with van der Waals surface area (Å²) in [6.45, 7) is 4.94. The highest BCUT2D eigenvalue weighted by atomic mass is 16.5. The topological polar surface area (TPSA) is 95.9 Å². The predicted octanol–water partition coefficient (Wildman–Crippen LogP) is 22.9. The molecule has 0 spiro atoms. The molecule has 0 rings (SSSR count). The number of hydrogen-bond acceptors (Lipinski definition) is 5. The van der Waals surface area contributed by atoms with Crippen molar-refractivity contribution in [2.45, 2.75) is 411 Å². The fourth-order valence-corrected chi connectivity index (χ4v) is 11.3. The number of unbranched alkanes of at least 4 members (excludes halogenated alkanes) is 54. The Labute approximate surface area is 488 Å². The van der Waals surface area contributed by atoms with Crippen LogP contribution in [0.1, 0.15) is 399 Å². The van der Waals surface area contributed by atoms with Crippen molar-refractivity contribution in [1.29, 1.82) is 0 Å². The van der Waals surface area contributed by atoms with Gasteiger partial charge in [0.15, 0.2) is 0 Å². The number of carbonyl (C=O) groups excluding carboxylic acids is 2. The number of aliphatic hydroxyl groups excluding tert-OH is 2. The van der Waals surface area contributed by atoms with Crippen molar-refractivity contribution < 1.29 is 24.5 Å². The van der Waals surface area contributed by atoms with Crippen molar-refractivity contribution in [2.24, 2.45) is 0 Å². The van der Waals surface area contributed by atoms with Crippen LogP contribution in [-0.2, 0) is 14.3 Å². The van der Waals surface area contributed by atoms with Gasteiger partial charge in [-0.1, -0.05) is 353 Å². The maximum atomic E-state index is 12.5. The number of nitrogens with one attached hydrogen (secondary N) is 1. The Morgan fingerprint density at radius 3 is 0.910 bits per heavy atom. The molecule has 0 saturated heterocycles. The Balaban J connectivity index is 3.43. The van der Waals surface area contributed by atoms with Crippen molar-refractivity contribution in [2.75, 3.05) is 13.2 Å². The lowest BCUT2D eigenvalue weighted by Gasteiger charge is -2.20. The zero-order valence-corrected chi connectivity index (χ0v) is 52.9. The second-order valence-electron chi connectivity index (χ2n) is 24.6. The van der Waals surface area contributed by atoms with Gasteiger partial charge in [0, 0.05) is 12.8 Å². The molecule has 3 N–H and O–H groups in total. The van der Waals surface area contributed by atoms with Gasteiger partial charge in [-0.05, 0) is 57.8 Å². The second kappa shape index (κ2) is 67.8. The molecule has 0 radical (unpaired) electrons. The number of esters is 1. The lowest BCUT2D eigenvalue weighted by atomic mass is 10.0. The highest BCUT2D eigenvalue weighted by Crippen LogP contribution is 2.19. The largest absolute Gasteiger partial charge is 0.466 e. The molecule has 0 aromatic rings. The summed E-state index contributed by atoms with van der Waals surface area (Å²) in [6.07, 6.45) is 85.4. The number of carbonyl (C=O) groups is 2. The zero-order valence-electron chi connectivity index (χ0n) is 52.9. The van der Waals surface area contributed by atoms with Crippen LogP contribution in [0.3, 0.4) is 0 Å². The van der Waals surface area contributed by atoms with E-state index < -0.39 is 12.1 Å². The van der Waals surface area contributed by atoms with Gasteiger partial charge in [-0.2, -0.15) is 0 Å². The zero-order chi connectivity index (χ0) is 56.4. The third-order valence-electron chi connectivity index (χ3n) is 16.7. The minimum absolute atomic E-state index is 0.0138. The summed E-state index contributed by atoms with van der Waals surface area (Å²) in [6, 6.07) is -0.634. The SMILES string of the molecule is CCCCCCCCCCCCCCCCCCCCCCC/C=C/C(O)C(CO)NC(=O)CCCCCCCCC/C=C\CCCCCCCCCCCCCOC(=O)CCCCCCCCCCCCCCCCCC. The first-order chi connectivity index (χ1) is 38.5. The molecule has 0 saturated carbocycles. The molecule has 6 nitrogen and oxygen atoms in total. The summed E-state index contributed by atoms with van der Waals surface area (Å²) in [7, 11) is 0. The van der Waals surface area contributed by atoms with E-state index in [2.05, 4.69) is 31.3 Å². The number of amides is 1. The summed E-state index contributed by atoms with van der Waals surface area (Å²) in [5, 5.41) is 23.3. The van der Waals surface area contributed by atoms with E-state index in [0.29, 0.717) is 19.4 Å². The number of rotatable bonds is 67. The minimum Gasteiger partial charge on any atom is -0.466 e. The van der Waals surface area contributed by atoms with Gasteiger partial charge in [0.1, 0.15) is 0 Å². The number of allylic oxidation sites excluding steroid dienone is 3. The predicted molar refractivity (Wildman–Crippen MR) is 343 cm³/mol. The van der Waals surface area contributed by atoms with Crippen LogP contribution >= 0.6 is 0 Å². The summed E-state index contributed by atoms with van der Waals surface area (Å²) < 4.78 is 5.50. The Morgan fingerprint density at radius 2 is 0.603 bits per heavy atom. The minimum atomic E-state index is -0.850. The fraction of sp³-hybridized carbons (Fsp3) is 0.917. The lowest BCUT2D eigenvalue weighted by Crippen LogP contribution is -2.45. The molecule has 6 heteroatoms. The Bertz CT molecular complexity index is 1220. The molecule has 0 aliphatic rings. The molecule has 0 aromatic heterocycles. The van der Waals surface area contributed by atoms with E-state index in [1.54, 1.807) is 6.08 Å². The maximum Gasteiger partial charge on any atom is 0.305 e. The van der Waals surface area contributed by atoms with Crippen LogP contribution in [0.15, 0.2) is 24.3 Å². The van der Waals surface area contributed by atoms with Gasteiger partial charge in [0.05, 0.1) is 25.4 Å². The van der Waals surface area contributed by atoms with E-state index in [9.17, 15) is 19.8 Å². The summed E-state index contributed by atoms with van der Waals surface area (Å²) in [5.41, 5.74) is 0.